The van der Waals surface area contributed by atoms with Crippen molar-refractivity contribution in [2.75, 3.05) is 13.2 Å². The summed E-state index contributed by atoms with van der Waals surface area (Å²) < 4.78 is 13.0. The number of benzene rings is 2. The summed E-state index contributed by atoms with van der Waals surface area (Å²) in [5.74, 6) is -3.57. The topological polar surface area (TPSA) is 125 Å². The van der Waals surface area contributed by atoms with Gasteiger partial charge >= 0.3 is 5.97 Å². The molecule has 3 aliphatic rings. The van der Waals surface area contributed by atoms with Gasteiger partial charge in [-0.05, 0) is 43.2 Å². The monoisotopic (exact) mass is 685 g/mol. The minimum atomic E-state index is -1.27. The first-order valence-corrected chi connectivity index (χ1v) is 17.8. The van der Waals surface area contributed by atoms with Crippen LogP contribution in [0.5, 0.6) is 0 Å². The zero-order chi connectivity index (χ0) is 36.0. The second-order valence-corrected chi connectivity index (χ2v) is 13.9. The van der Waals surface area contributed by atoms with E-state index in [4.69, 9.17) is 9.47 Å². The molecule has 10 nitrogen and oxygen atoms in total. The molecule has 2 N–H and O–H groups in total. The van der Waals surface area contributed by atoms with Gasteiger partial charge in [0.1, 0.15) is 17.7 Å². The molecule has 2 aromatic rings. The molecule has 50 heavy (non-hydrogen) atoms. The third-order valence-corrected chi connectivity index (χ3v) is 10.8. The minimum Gasteiger partial charge on any atom is -0.455 e. The van der Waals surface area contributed by atoms with Crippen LogP contribution in [-0.2, 0) is 35.2 Å². The quantitative estimate of drug-likeness (QED) is 0.182. The molecule has 0 saturated carbocycles. The summed E-state index contributed by atoms with van der Waals surface area (Å²) in [6, 6.07) is 16.5. The molecule has 3 heterocycles. The number of nitrogens with zero attached hydrogens (tertiary/aromatic N) is 2. The van der Waals surface area contributed by atoms with Crippen molar-refractivity contribution >= 4 is 23.7 Å². The number of allylic oxidation sites excluding steroid dienone is 1. The van der Waals surface area contributed by atoms with Gasteiger partial charge in [0.25, 0.3) is 0 Å². The van der Waals surface area contributed by atoms with Crippen molar-refractivity contribution < 1.29 is 33.8 Å². The molecule has 1 spiro atoms. The average molecular weight is 686 g/mol. The normalized spacial score (nSPS) is 26.0. The maximum Gasteiger partial charge on any atom is 0.313 e. The largest absolute Gasteiger partial charge is 0.455 e. The smallest absolute Gasteiger partial charge is 0.313 e. The van der Waals surface area contributed by atoms with Crippen molar-refractivity contribution in [1.82, 2.24) is 15.1 Å². The van der Waals surface area contributed by atoms with Crippen molar-refractivity contribution in [1.29, 1.82) is 0 Å². The first-order chi connectivity index (χ1) is 24.1. The fraction of sp³-hybridized carbons (Fsp3) is 0.500. The second kappa shape index (κ2) is 16.2. The lowest BCUT2D eigenvalue weighted by Crippen LogP contribution is -2.59. The lowest BCUT2D eigenvalue weighted by molar-refractivity contribution is -0.163. The van der Waals surface area contributed by atoms with Crippen LogP contribution >= 0.6 is 0 Å². The highest BCUT2D eigenvalue weighted by Crippen LogP contribution is 2.59. The first kappa shape index (κ1) is 37.0. The molecular formula is C40H51N3O7. The van der Waals surface area contributed by atoms with Crippen molar-refractivity contribution in [2.24, 2.45) is 17.8 Å². The molecule has 3 amide bonds. The lowest BCUT2D eigenvalue weighted by atomic mass is 9.70. The molecular weight excluding hydrogens is 634 g/mol. The Bertz CT molecular complexity index is 1530. The van der Waals surface area contributed by atoms with Crippen molar-refractivity contribution in [3.05, 3.63) is 97.1 Å². The lowest BCUT2D eigenvalue weighted by Gasteiger charge is -2.41. The predicted molar refractivity (Wildman–Crippen MR) is 189 cm³/mol. The van der Waals surface area contributed by atoms with Crippen molar-refractivity contribution in [3.8, 4) is 0 Å². The Kier molecular flexibility index (Phi) is 12.0. The molecule has 0 aliphatic carbocycles. The van der Waals surface area contributed by atoms with Crippen LogP contribution in [-0.4, -0.2) is 81.6 Å². The molecule has 2 bridgehead atoms. The van der Waals surface area contributed by atoms with E-state index in [9.17, 15) is 24.3 Å². The number of aliphatic hydroxyl groups is 1. The molecule has 0 aromatic heterocycles. The fourth-order valence-electron chi connectivity index (χ4n) is 8.12. The van der Waals surface area contributed by atoms with Gasteiger partial charge in [0.05, 0.1) is 36.6 Å². The number of likely N-dealkylation sites (tertiary alicyclic amines) is 1. The van der Waals surface area contributed by atoms with E-state index >= 15 is 0 Å². The number of nitrogens with one attached hydrogen (secondary N) is 1. The van der Waals surface area contributed by atoms with Crippen LogP contribution in [0.3, 0.4) is 0 Å². The SMILES string of the molecule is C=CCCC(=O)N[C@H](C)[C@@H](OC(=O)[C@@H]1[C@@H]2CC[C@]3(O2)[C@H](C(=O)N(CC=C)Cc2ccccc2)N([C@@H](CO)[C@@H](C)CC)C(=O)[C@@H]13)c1ccccc1. The van der Waals surface area contributed by atoms with E-state index in [0.29, 0.717) is 37.8 Å². The van der Waals surface area contributed by atoms with E-state index in [0.717, 1.165) is 5.56 Å². The predicted octanol–water partition coefficient (Wildman–Crippen LogP) is 4.74. The summed E-state index contributed by atoms with van der Waals surface area (Å²) >= 11 is 0. The minimum absolute atomic E-state index is 0.132. The Morgan fingerprint density at radius 3 is 2.40 bits per heavy atom. The number of amides is 3. The Balaban J connectivity index is 1.50. The zero-order valence-electron chi connectivity index (χ0n) is 29.4. The highest BCUT2D eigenvalue weighted by atomic mass is 16.6. The Labute approximate surface area is 295 Å². The van der Waals surface area contributed by atoms with Gasteiger partial charge in [-0.2, -0.15) is 0 Å². The molecule has 10 heteroatoms. The van der Waals surface area contributed by atoms with E-state index in [2.05, 4.69) is 18.5 Å². The highest BCUT2D eigenvalue weighted by molar-refractivity contribution is 5.98. The van der Waals surface area contributed by atoms with Gasteiger partial charge in [-0.15, -0.1) is 13.2 Å². The van der Waals surface area contributed by atoms with Gasteiger partial charge in [-0.1, -0.05) is 93.1 Å². The summed E-state index contributed by atoms with van der Waals surface area (Å²) in [5.41, 5.74) is 0.345. The maximum absolute atomic E-state index is 14.8. The molecule has 268 valence electrons. The summed E-state index contributed by atoms with van der Waals surface area (Å²) in [5, 5.41) is 13.7. The van der Waals surface area contributed by atoms with Gasteiger partial charge < -0.3 is 29.7 Å². The number of carbonyl (C=O) groups is 4. The molecule has 2 aromatic carbocycles. The molecule has 3 fully saturated rings. The van der Waals surface area contributed by atoms with Gasteiger partial charge in [-0.3, -0.25) is 19.2 Å². The van der Waals surface area contributed by atoms with Gasteiger partial charge in [0.2, 0.25) is 17.7 Å². The molecule has 9 atom stereocenters. The van der Waals surface area contributed by atoms with Crippen LogP contribution in [0.15, 0.2) is 86.0 Å². The molecule has 0 radical (unpaired) electrons. The summed E-state index contributed by atoms with van der Waals surface area (Å²) in [6.45, 7) is 13.5. The van der Waals surface area contributed by atoms with E-state index < -0.39 is 53.7 Å². The third-order valence-electron chi connectivity index (χ3n) is 10.8. The second-order valence-electron chi connectivity index (χ2n) is 13.9. The van der Waals surface area contributed by atoms with Crippen molar-refractivity contribution in [2.45, 2.75) is 95.4 Å². The molecule has 3 saturated heterocycles. The van der Waals surface area contributed by atoms with Crippen LogP contribution in [0.25, 0.3) is 0 Å². The van der Waals surface area contributed by atoms with E-state index in [1.54, 1.807) is 24.0 Å². The molecule has 3 aliphatic heterocycles. The maximum atomic E-state index is 14.8. The number of aliphatic hydroxyl groups excluding tert-OH is 1. The van der Waals surface area contributed by atoms with Crippen molar-refractivity contribution in [3.63, 3.8) is 0 Å². The average Bonchev–Trinajstić information content (AvgIpc) is 3.77. The van der Waals surface area contributed by atoms with E-state index in [-0.39, 0.29) is 43.2 Å². The summed E-state index contributed by atoms with van der Waals surface area (Å²) in [6.07, 6.45) is 4.18. The Hall–Kier alpha value is -4.28. The molecule has 0 unspecified atom stereocenters. The molecule has 5 rings (SSSR count). The number of fused-ring (bicyclic) bond motifs is 1. The number of hydrogen-bond acceptors (Lipinski definition) is 7. The Morgan fingerprint density at radius 2 is 1.78 bits per heavy atom. The van der Waals surface area contributed by atoms with E-state index in [1.807, 2.05) is 74.5 Å². The third kappa shape index (κ3) is 7.14. The van der Waals surface area contributed by atoms with Gasteiger partial charge in [-0.25, -0.2) is 0 Å². The number of hydrogen-bond donors (Lipinski definition) is 2. The van der Waals surface area contributed by atoms with Gasteiger partial charge in [0.15, 0.2) is 0 Å². The zero-order valence-corrected chi connectivity index (χ0v) is 29.4. The number of rotatable bonds is 17. The highest BCUT2D eigenvalue weighted by Gasteiger charge is 2.76. The summed E-state index contributed by atoms with van der Waals surface area (Å²) in [4.78, 5) is 59.9. The van der Waals surface area contributed by atoms with Crippen LogP contribution in [0, 0.1) is 17.8 Å². The number of esters is 1. The van der Waals surface area contributed by atoms with Crippen LogP contribution in [0.1, 0.15) is 70.1 Å². The van der Waals surface area contributed by atoms with Crippen LogP contribution in [0.2, 0.25) is 0 Å². The Morgan fingerprint density at radius 1 is 1.10 bits per heavy atom. The van der Waals surface area contributed by atoms with Crippen LogP contribution < -0.4 is 5.32 Å². The van der Waals surface area contributed by atoms with Gasteiger partial charge in [0, 0.05) is 19.5 Å². The number of ether oxygens (including phenoxy) is 2. The summed E-state index contributed by atoms with van der Waals surface area (Å²) in [7, 11) is 0. The fourth-order valence-corrected chi connectivity index (χ4v) is 8.12. The first-order valence-electron chi connectivity index (χ1n) is 17.8. The number of carbonyl (C=O) groups excluding carboxylic acids is 4. The van der Waals surface area contributed by atoms with Crippen LogP contribution in [0.4, 0.5) is 0 Å². The standard InChI is InChI=1S/C40H51N3O7/c1-6-9-20-32(45)41-27(5)35(29-18-14-11-15-19-29)49-39(48)33-31-21-22-40(50-31)34(33)37(46)43(30(25-44)26(4)8-3)36(40)38(47)42(23-7-2)24-28-16-12-10-13-17-28/h6-7,10-19,26-27,30-31,33-36,44H,1-2,8-9,20-25H2,3-5H3,(H,41,45)/t26-,27+,30-,31-,33+,34+,35+,36-,40+/m0/s1. The van der Waals surface area contributed by atoms with E-state index in [1.165, 1.54) is 4.90 Å².